The summed E-state index contributed by atoms with van der Waals surface area (Å²) in [7, 11) is 0. The smallest absolute Gasteiger partial charge is 0.340 e. The minimum atomic E-state index is -0.566. The van der Waals surface area contributed by atoms with Crippen LogP contribution >= 0.6 is 11.8 Å². The highest BCUT2D eigenvalue weighted by Gasteiger charge is 2.25. The monoisotopic (exact) mass is 375 g/mol. The van der Waals surface area contributed by atoms with Gasteiger partial charge in [0.2, 0.25) is 5.78 Å². The molecule has 0 aliphatic carbocycles. The standard InChI is InChI=1S/C19H21NO5S/c1-4-24-19(23)18-13(3)20-12(2)17(18)15(21)10-25-16(22)11-26-14-8-6-5-7-9-14/h5-9,20H,4,10-11H2,1-3H3. The van der Waals surface area contributed by atoms with Crippen LogP contribution in [0.1, 0.15) is 39.0 Å². The van der Waals surface area contributed by atoms with Crippen LogP contribution < -0.4 is 0 Å². The molecule has 138 valence electrons. The number of aromatic amines is 1. The summed E-state index contributed by atoms with van der Waals surface area (Å²) < 4.78 is 10.1. The zero-order valence-electron chi connectivity index (χ0n) is 15.0. The molecule has 1 heterocycles. The van der Waals surface area contributed by atoms with Crippen molar-refractivity contribution in [2.24, 2.45) is 0 Å². The Morgan fingerprint density at radius 1 is 1.00 bits per heavy atom. The van der Waals surface area contributed by atoms with Gasteiger partial charge in [-0.25, -0.2) is 4.79 Å². The molecule has 2 aromatic rings. The number of esters is 2. The lowest BCUT2D eigenvalue weighted by atomic mass is 10.1. The van der Waals surface area contributed by atoms with E-state index in [9.17, 15) is 14.4 Å². The summed E-state index contributed by atoms with van der Waals surface area (Å²) in [5.41, 5.74) is 1.51. The van der Waals surface area contributed by atoms with Gasteiger partial charge in [-0.3, -0.25) is 9.59 Å². The Balaban J connectivity index is 1.97. The lowest BCUT2D eigenvalue weighted by Gasteiger charge is -2.07. The molecule has 7 heteroatoms. The van der Waals surface area contributed by atoms with Gasteiger partial charge >= 0.3 is 11.9 Å². The van der Waals surface area contributed by atoms with Gasteiger partial charge < -0.3 is 14.5 Å². The van der Waals surface area contributed by atoms with E-state index >= 15 is 0 Å². The molecule has 1 N–H and O–H groups in total. The van der Waals surface area contributed by atoms with Gasteiger partial charge in [-0.2, -0.15) is 0 Å². The number of aryl methyl sites for hydroxylation is 2. The maximum Gasteiger partial charge on any atom is 0.340 e. The lowest BCUT2D eigenvalue weighted by molar-refractivity contribution is -0.139. The molecule has 0 atom stereocenters. The third-order valence-electron chi connectivity index (χ3n) is 3.60. The van der Waals surface area contributed by atoms with Crippen LogP contribution in [0.25, 0.3) is 0 Å². The van der Waals surface area contributed by atoms with Crippen molar-refractivity contribution in [2.75, 3.05) is 19.0 Å². The van der Waals surface area contributed by atoms with E-state index in [2.05, 4.69) is 4.98 Å². The molecule has 0 aliphatic heterocycles. The third-order valence-corrected chi connectivity index (χ3v) is 4.58. The molecule has 1 aromatic heterocycles. The number of ether oxygens (including phenoxy) is 2. The molecular formula is C19H21NO5S. The molecule has 26 heavy (non-hydrogen) atoms. The second-order valence-electron chi connectivity index (χ2n) is 5.53. The topological polar surface area (TPSA) is 85.5 Å². The van der Waals surface area contributed by atoms with Gasteiger partial charge in [0.1, 0.15) is 0 Å². The van der Waals surface area contributed by atoms with Crippen LogP contribution in [0.2, 0.25) is 0 Å². The maximum absolute atomic E-state index is 12.5. The summed E-state index contributed by atoms with van der Waals surface area (Å²) in [5.74, 6) is -1.39. The van der Waals surface area contributed by atoms with Crippen LogP contribution in [-0.2, 0) is 14.3 Å². The van der Waals surface area contributed by atoms with Crippen molar-refractivity contribution in [3.8, 4) is 0 Å². The van der Waals surface area contributed by atoms with Crippen molar-refractivity contribution in [3.05, 3.63) is 52.8 Å². The van der Waals surface area contributed by atoms with E-state index in [0.29, 0.717) is 11.4 Å². The predicted octanol–water partition coefficient (Wildman–Crippen LogP) is 3.33. The van der Waals surface area contributed by atoms with Crippen molar-refractivity contribution >= 4 is 29.5 Å². The van der Waals surface area contributed by atoms with E-state index in [1.807, 2.05) is 30.3 Å². The largest absolute Gasteiger partial charge is 0.462 e. The summed E-state index contributed by atoms with van der Waals surface area (Å²) in [6, 6.07) is 9.43. The van der Waals surface area contributed by atoms with Crippen LogP contribution in [0.5, 0.6) is 0 Å². The molecular weight excluding hydrogens is 354 g/mol. The Labute approximate surface area is 156 Å². The molecule has 0 radical (unpaired) electrons. The molecule has 1 aromatic carbocycles. The quantitative estimate of drug-likeness (QED) is 0.433. The van der Waals surface area contributed by atoms with Crippen molar-refractivity contribution in [1.29, 1.82) is 0 Å². The number of hydrogen-bond donors (Lipinski definition) is 1. The fourth-order valence-corrected chi connectivity index (χ4v) is 3.22. The van der Waals surface area contributed by atoms with Crippen LogP contribution in [-0.4, -0.2) is 41.7 Å². The van der Waals surface area contributed by atoms with Gasteiger partial charge in [0, 0.05) is 16.3 Å². The number of carbonyl (C=O) groups excluding carboxylic acids is 3. The minimum absolute atomic E-state index is 0.104. The first-order valence-electron chi connectivity index (χ1n) is 8.17. The van der Waals surface area contributed by atoms with Gasteiger partial charge in [0.25, 0.3) is 0 Å². The summed E-state index contributed by atoms with van der Waals surface area (Å²) in [6.07, 6.45) is 0. The van der Waals surface area contributed by atoms with E-state index in [0.717, 1.165) is 4.90 Å². The van der Waals surface area contributed by atoms with Gasteiger partial charge in [-0.1, -0.05) is 18.2 Å². The number of nitrogens with one attached hydrogen (secondary N) is 1. The van der Waals surface area contributed by atoms with Crippen LogP contribution in [0.4, 0.5) is 0 Å². The molecule has 0 bridgehead atoms. The number of Topliss-reactive ketones (excluding diaryl/α,β-unsaturated/α-hetero) is 1. The van der Waals surface area contributed by atoms with Crippen molar-refractivity contribution in [2.45, 2.75) is 25.7 Å². The Bertz CT molecular complexity index is 798. The zero-order chi connectivity index (χ0) is 19.1. The lowest BCUT2D eigenvalue weighted by Crippen LogP contribution is -2.18. The number of benzene rings is 1. The zero-order valence-corrected chi connectivity index (χ0v) is 15.8. The fraction of sp³-hybridized carbons (Fsp3) is 0.316. The van der Waals surface area contributed by atoms with E-state index in [1.54, 1.807) is 20.8 Å². The van der Waals surface area contributed by atoms with E-state index in [-0.39, 0.29) is 23.5 Å². The van der Waals surface area contributed by atoms with Crippen LogP contribution in [0.3, 0.4) is 0 Å². The predicted molar refractivity (Wildman–Crippen MR) is 98.7 cm³/mol. The van der Waals surface area contributed by atoms with Gasteiger partial charge in [-0.05, 0) is 32.9 Å². The summed E-state index contributed by atoms with van der Waals surface area (Å²) >= 11 is 1.33. The SMILES string of the molecule is CCOC(=O)c1c(C)[nH]c(C)c1C(=O)COC(=O)CSc1ccccc1. The maximum atomic E-state index is 12.5. The minimum Gasteiger partial charge on any atom is -0.462 e. The normalized spacial score (nSPS) is 10.4. The number of carbonyl (C=O) groups is 3. The molecule has 0 aliphatic rings. The second kappa shape index (κ2) is 9.24. The molecule has 0 unspecified atom stereocenters. The highest BCUT2D eigenvalue weighted by molar-refractivity contribution is 8.00. The third kappa shape index (κ3) is 4.98. The molecule has 0 saturated heterocycles. The molecule has 2 rings (SSSR count). The summed E-state index contributed by atoms with van der Waals surface area (Å²) in [4.78, 5) is 40.3. The molecule has 0 saturated carbocycles. The first-order valence-corrected chi connectivity index (χ1v) is 9.15. The Hall–Kier alpha value is -2.54. The highest BCUT2D eigenvalue weighted by atomic mass is 32.2. The molecule has 6 nitrogen and oxygen atoms in total. The van der Waals surface area contributed by atoms with E-state index in [4.69, 9.17) is 9.47 Å². The van der Waals surface area contributed by atoms with Gasteiger partial charge in [0.15, 0.2) is 6.61 Å². The average molecular weight is 375 g/mol. The second-order valence-corrected chi connectivity index (χ2v) is 6.58. The first kappa shape index (κ1) is 19.8. The van der Waals surface area contributed by atoms with Crippen molar-refractivity contribution in [3.63, 3.8) is 0 Å². The first-order chi connectivity index (χ1) is 12.4. The Morgan fingerprint density at radius 2 is 1.65 bits per heavy atom. The fourth-order valence-electron chi connectivity index (χ4n) is 2.51. The molecule has 0 fully saturated rings. The molecule has 0 spiro atoms. The Kier molecular flexibility index (Phi) is 7.03. The van der Waals surface area contributed by atoms with Crippen molar-refractivity contribution < 1.29 is 23.9 Å². The number of thioether (sulfide) groups is 1. The number of H-pyrrole nitrogens is 1. The van der Waals surface area contributed by atoms with Crippen LogP contribution in [0.15, 0.2) is 35.2 Å². The van der Waals surface area contributed by atoms with E-state index in [1.165, 1.54) is 11.8 Å². The average Bonchev–Trinajstić information content (AvgIpc) is 2.93. The number of hydrogen-bond acceptors (Lipinski definition) is 6. The molecule has 0 amide bonds. The summed E-state index contributed by atoms with van der Waals surface area (Å²) in [6.45, 7) is 4.87. The van der Waals surface area contributed by atoms with Gasteiger partial charge in [-0.15, -0.1) is 11.8 Å². The van der Waals surface area contributed by atoms with E-state index < -0.39 is 24.3 Å². The number of ketones is 1. The highest BCUT2D eigenvalue weighted by Crippen LogP contribution is 2.21. The van der Waals surface area contributed by atoms with Crippen molar-refractivity contribution in [1.82, 2.24) is 4.98 Å². The summed E-state index contributed by atoms with van der Waals surface area (Å²) in [5, 5.41) is 0. The van der Waals surface area contributed by atoms with Gasteiger partial charge in [0.05, 0.1) is 23.5 Å². The van der Waals surface area contributed by atoms with Crippen LogP contribution in [0, 0.1) is 13.8 Å². The number of rotatable bonds is 8. The number of aromatic nitrogens is 1. The Morgan fingerprint density at radius 3 is 2.31 bits per heavy atom.